The lowest BCUT2D eigenvalue weighted by Crippen LogP contribution is -2.37. The van der Waals surface area contributed by atoms with Gasteiger partial charge in [0.05, 0.1) is 37.3 Å². The summed E-state index contributed by atoms with van der Waals surface area (Å²) in [6.45, 7) is 4.20. The fourth-order valence-electron chi connectivity index (χ4n) is 2.93. The number of amides is 1. The number of morpholine rings is 1. The molecule has 2 saturated heterocycles. The van der Waals surface area contributed by atoms with Crippen molar-refractivity contribution < 1.29 is 19.0 Å². The number of ether oxygens (including phenoxy) is 3. The van der Waals surface area contributed by atoms with Crippen molar-refractivity contribution in [2.45, 2.75) is 18.9 Å². The van der Waals surface area contributed by atoms with Crippen LogP contribution in [0.5, 0.6) is 0 Å². The third-order valence-electron chi connectivity index (χ3n) is 4.15. The highest BCUT2D eigenvalue weighted by Gasteiger charge is 2.18. The van der Waals surface area contributed by atoms with Crippen LogP contribution in [0.15, 0.2) is 18.2 Å². The van der Waals surface area contributed by atoms with E-state index in [0.717, 1.165) is 38.2 Å². The Balaban J connectivity index is 1.56. The highest BCUT2D eigenvalue weighted by molar-refractivity contribution is 6.31. The van der Waals surface area contributed by atoms with Crippen LogP contribution in [0.1, 0.15) is 12.8 Å². The predicted octanol–water partition coefficient (Wildman–Crippen LogP) is 2.31. The Labute approximate surface area is 147 Å². The Morgan fingerprint density at radius 3 is 2.92 bits per heavy atom. The molecule has 2 aliphatic heterocycles. The van der Waals surface area contributed by atoms with Gasteiger partial charge in [0.2, 0.25) is 5.91 Å². The molecule has 1 atom stereocenters. The molecule has 0 saturated carbocycles. The van der Waals surface area contributed by atoms with E-state index in [1.54, 1.807) is 6.07 Å². The molecule has 1 aromatic rings. The molecule has 0 aromatic heterocycles. The van der Waals surface area contributed by atoms with Crippen molar-refractivity contribution in [2.24, 2.45) is 0 Å². The normalized spacial score (nSPS) is 21.0. The van der Waals surface area contributed by atoms with Gasteiger partial charge in [-0.25, -0.2) is 0 Å². The first kappa shape index (κ1) is 17.5. The maximum Gasteiger partial charge on any atom is 0.250 e. The number of nitrogens with zero attached hydrogens (tertiary/aromatic N) is 1. The average Bonchev–Trinajstić information content (AvgIpc) is 3.09. The van der Waals surface area contributed by atoms with Crippen molar-refractivity contribution in [2.75, 3.05) is 56.3 Å². The lowest BCUT2D eigenvalue weighted by Gasteiger charge is -2.30. The van der Waals surface area contributed by atoms with Crippen LogP contribution < -0.4 is 10.2 Å². The molecule has 2 fully saturated rings. The van der Waals surface area contributed by atoms with E-state index in [1.165, 1.54) is 0 Å². The van der Waals surface area contributed by atoms with Crippen LogP contribution >= 0.6 is 11.6 Å². The number of carbonyl (C=O) groups excluding carboxylic acids is 1. The fraction of sp³-hybridized carbons (Fsp3) is 0.588. The van der Waals surface area contributed by atoms with Gasteiger partial charge in [-0.05, 0) is 31.0 Å². The van der Waals surface area contributed by atoms with Gasteiger partial charge in [-0.1, -0.05) is 11.6 Å². The van der Waals surface area contributed by atoms with E-state index < -0.39 is 0 Å². The standard InChI is InChI=1S/C17H23ClN2O4/c18-13-3-4-16(20-5-8-22-9-6-20)15(10-13)19-17(21)12-23-11-14-2-1-7-24-14/h3-4,10,14H,1-2,5-9,11-12H2,(H,19,21)/t14-/m1/s1. The van der Waals surface area contributed by atoms with Gasteiger partial charge in [0.1, 0.15) is 6.61 Å². The molecule has 24 heavy (non-hydrogen) atoms. The van der Waals surface area contributed by atoms with Gasteiger partial charge < -0.3 is 24.4 Å². The van der Waals surface area contributed by atoms with Crippen LogP contribution in [-0.2, 0) is 19.0 Å². The average molecular weight is 355 g/mol. The Morgan fingerprint density at radius 1 is 1.33 bits per heavy atom. The van der Waals surface area contributed by atoms with Gasteiger partial charge in [-0.3, -0.25) is 4.79 Å². The maximum absolute atomic E-state index is 12.2. The zero-order valence-electron chi connectivity index (χ0n) is 13.6. The summed E-state index contributed by atoms with van der Waals surface area (Å²) in [5, 5.41) is 3.49. The molecule has 132 valence electrons. The van der Waals surface area contributed by atoms with Crippen LogP contribution in [0.4, 0.5) is 11.4 Å². The number of anilines is 2. The van der Waals surface area contributed by atoms with E-state index >= 15 is 0 Å². The Morgan fingerprint density at radius 2 is 2.17 bits per heavy atom. The lowest BCUT2D eigenvalue weighted by molar-refractivity contribution is -0.121. The minimum absolute atomic E-state index is 0.00885. The summed E-state index contributed by atoms with van der Waals surface area (Å²) >= 11 is 6.09. The second kappa shape index (κ2) is 8.67. The number of hydrogen-bond acceptors (Lipinski definition) is 5. The first-order valence-electron chi connectivity index (χ1n) is 8.34. The fourth-order valence-corrected chi connectivity index (χ4v) is 3.11. The summed E-state index contributed by atoms with van der Waals surface area (Å²) in [7, 11) is 0. The van der Waals surface area contributed by atoms with Crippen LogP contribution in [0.3, 0.4) is 0 Å². The van der Waals surface area contributed by atoms with Crippen molar-refractivity contribution in [3.05, 3.63) is 23.2 Å². The number of benzene rings is 1. The topological polar surface area (TPSA) is 60.0 Å². The third kappa shape index (κ3) is 4.83. The molecule has 3 rings (SSSR count). The van der Waals surface area contributed by atoms with Gasteiger partial charge >= 0.3 is 0 Å². The third-order valence-corrected chi connectivity index (χ3v) is 4.38. The molecule has 0 spiro atoms. The monoisotopic (exact) mass is 354 g/mol. The van der Waals surface area contributed by atoms with Crippen molar-refractivity contribution in [3.63, 3.8) is 0 Å². The molecule has 0 radical (unpaired) electrons. The van der Waals surface area contributed by atoms with E-state index in [0.29, 0.717) is 30.5 Å². The summed E-state index contributed by atoms with van der Waals surface area (Å²) in [5.41, 5.74) is 1.66. The molecule has 7 heteroatoms. The highest BCUT2D eigenvalue weighted by atomic mass is 35.5. The predicted molar refractivity (Wildman–Crippen MR) is 92.9 cm³/mol. The molecule has 0 aliphatic carbocycles. The van der Waals surface area contributed by atoms with E-state index in [4.69, 9.17) is 25.8 Å². The summed E-state index contributed by atoms with van der Waals surface area (Å²) in [6, 6.07) is 5.52. The summed E-state index contributed by atoms with van der Waals surface area (Å²) in [6.07, 6.45) is 2.18. The van der Waals surface area contributed by atoms with Crippen molar-refractivity contribution in [1.29, 1.82) is 0 Å². The van der Waals surface area contributed by atoms with E-state index in [-0.39, 0.29) is 18.6 Å². The molecule has 2 heterocycles. The summed E-state index contributed by atoms with van der Waals surface area (Å²) < 4.78 is 16.3. The van der Waals surface area contributed by atoms with Crippen molar-refractivity contribution >= 4 is 28.9 Å². The molecule has 1 N–H and O–H groups in total. The highest BCUT2D eigenvalue weighted by Crippen LogP contribution is 2.29. The van der Waals surface area contributed by atoms with Crippen LogP contribution in [0.25, 0.3) is 0 Å². The zero-order chi connectivity index (χ0) is 16.8. The number of carbonyl (C=O) groups is 1. The van der Waals surface area contributed by atoms with Crippen LogP contribution in [0, 0.1) is 0 Å². The SMILES string of the molecule is O=C(COC[C@H]1CCCO1)Nc1cc(Cl)ccc1N1CCOCC1. The first-order valence-corrected chi connectivity index (χ1v) is 8.71. The second-order valence-corrected chi connectivity index (χ2v) is 6.40. The van der Waals surface area contributed by atoms with Crippen LogP contribution in [-0.4, -0.2) is 58.1 Å². The smallest absolute Gasteiger partial charge is 0.250 e. The second-order valence-electron chi connectivity index (χ2n) is 5.96. The number of rotatable bonds is 6. The minimum atomic E-state index is -0.190. The summed E-state index contributed by atoms with van der Waals surface area (Å²) in [4.78, 5) is 14.4. The maximum atomic E-state index is 12.2. The molecule has 1 amide bonds. The molecule has 1 aromatic carbocycles. The Hall–Kier alpha value is -1.34. The molecule has 2 aliphatic rings. The van der Waals surface area contributed by atoms with E-state index in [9.17, 15) is 4.79 Å². The number of halogens is 1. The van der Waals surface area contributed by atoms with Gasteiger partial charge in [0.15, 0.2) is 0 Å². The molecule has 0 unspecified atom stereocenters. The van der Waals surface area contributed by atoms with Gasteiger partial charge in [0.25, 0.3) is 0 Å². The zero-order valence-corrected chi connectivity index (χ0v) is 14.4. The molecular formula is C17H23ClN2O4. The van der Waals surface area contributed by atoms with E-state index in [1.807, 2.05) is 12.1 Å². The van der Waals surface area contributed by atoms with Crippen molar-refractivity contribution in [1.82, 2.24) is 0 Å². The van der Waals surface area contributed by atoms with Gasteiger partial charge in [0, 0.05) is 24.7 Å². The van der Waals surface area contributed by atoms with Crippen LogP contribution in [0.2, 0.25) is 5.02 Å². The molecular weight excluding hydrogens is 332 g/mol. The van der Waals surface area contributed by atoms with Gasteiger partial charge in [-0.15, -0.1) is 0 Å². The minimum Gasteiger partial charge on any atom is -0.378 e. The molecule has 0 bridgehead atoms. The first-order chi connectivity index (χ1) is 11.7. The Kier molecular flexibility index (Phi) is 6.31. The number of hydrogen-bond donors (Lipinski definition) is 1. The Bertz CT molecular complexity index is 558. The van der Waals surface area contributed by atoms with Gasteiger partial charge in [-0.2, -0.15) is 0 Å². The molecule has 6 nitrogen and oxygen atoms in total. The largest absolute Gasteiger partial charge is 0.378 e. The van der Waals surface area contributed by atoms with Crippen molar-refractivity contribution in [3.8, 4) is 0 Å². The summed E-state index contributed by atoms with van der Waals surface area (Å²) in [5.74, 6) is -0.190. The number of nitrogens with one attached hydrogen (secondary N) is 1. The van der Waals surface area contributed by atoms with E-state index in [2.05, 4.69) is 10.2 Å². The lowest BCUT2D eigenvalue weighted by atomic mass is 10.2. The quantitative estimate of drug-likeness (QED) is 0.849.